The van der Waals surface area contributed by atoms with Crippen LogP contribution in [-0.4, -0.2) is 23.7 Å². The van der Waals surface area contributed by atoms with Crippen LogP contribution in [0.3, 0.4) is 0 Å². The number of benzene rings is 2. The normalized spacial score (nSPS) is 13.1. The molecule has 1 N–H and O–H groups in total. The van der Waals surface area contributed by atoms with E-state index in [1.165, 1.54) is 0 Å². The highest BCUT2D eigenvalue weighted by Crippen LogP contribution is 2.32. The summed E-state index contributed by atoms with van der Waals surface area (Å²) in [4.78, 5) is 12.6. The number of anilines is 1. The standard InChI is InChI=1S/C20H18N2O3/c23-20(15-5-3-6-17(13-15)22-9-1-2-10-22)21-16-7-8-18-19(14-16)25-12-4-11-24-18/h1-3,5-10,13-14H,4,11-12H2,(H,21,23). The Labute approximate surface area is 145 Å². The van der Waals surface area contributed by atoms with E-state index in [1.807, 2.05) is 59.4 Å². The predicted octanol–water partition coefficient (Wildman–Crippen LogP) is 3.89. The third kappa shape index (κ3) is 3.35. The van der Waals surface area contributed by atoms with Gasteiger partial charge in [0.1, 0.15) is 0 Å². The number of aromatic nitrogens is 1. The number of carbonyl (C=O) groups excluding carboxylic acids is 1. The number of carbonyl (C=O) groups is 1. The average Bonchev–Trinajstić information content (AvgIpc) is 3.08. The molecule has 0 aliphatic carbocycles. The van der Waals surface area contributed by atoms with Crippen LogP contribution in [0.15, 0.2) is 67.0 Å². The Balaban J connectivity index is 1.54. The van der Waals surface area contributed by atoms with Gasteiger partial charge in [-0.05, 0) is 42.5 Å². The van der Waals surface area contributed by atoms with Crippen molar-refractivity contribution < 1.29 is 14.3 Å². The summed E-state index contributed by atoms with van der Waals surface area (Å²) >= 11 is 0. The van der Waals surface area contributed by atoms with Crippen LogP contribution in [0.2, 0.25) is 0 Å². The fourth-order valence-electron chi connectivity index (χ4n) is 2.76. The molecule has 0 radical (unpaired) electrons. The highest BCUT2D eigenvalue weighted by Gasteiger charge is 2.13. The largest absolute Gasteiger partial charge is 0.490 e. The second-order valence-corrected chi connectivity index (χ2v) is 5.81. The molecule has 5 nitrogen and oxygen atoms in total. The van der Waals surface area contributed by atoms with E-state index >= 15 is 0 Å². The molecule has 1 aromatic heterocycles. The molecule has 25 heavy (non-hydrogen) atoms. The van der Waals surface area contributed by atoms with Crippen LogP contribution >= 0.6 is 0 Å². The maximum absolute atomic E-state index is 12.6. The van der Waals surface area contributed by atoms with Crippen molar-refractivity contribution in [2.45, 2.75) is 6.42 Å². The maximum atomic E-state index is 12.6. The Kier molecular flexibility index (Phi) is 4.12. The van der Waals surface area contributed by atoms with Crippen LogP contribution in [0.4, 0.5) is 5.69 Å². The van der Waals surface area contributed by atoms with Crippen LogP contribution in [0, 0.1) is 0 Å². The minimum absolute atomic E-state index is 0.163. The molecule has 4 rings (SSSR count). The van der Waals surface area contributed by atoms with Gasteiger partial charge in [0.15, 0.2) is 11.5 Å². The first-order chi connectivity index (χ1) is 12.3. The molecular weight excluding hydrogens is 316 g/mol. The zero-order chi connectivity index (χ0) is 17.1. The molecule has 3 aromatic rings. The van der Waals surface area contributed by atoms with E-state index in [9.17, 15) is 4.79 Å². The van der Waals surface area contributed by atoms with E-state index < -0.39 is 0 Å². The van der Waals surface area contributed by atoms with Gasteiger partial charge in [0.2, 0.25) is 0 Å². The SMILES string of the molecule is O=C(Nc1ccc2c(c1)OCCCO2)c1cccc(-n2cccc2)c1. The fourth-order valence-corrected chi connectivity index (χ4v) is 2.76. The van der Waals surface area contributed by atoms with Gasteiger partial charge in [0, 0.05) is 41.8 Å². The number of amides is 1. The van der Waals surface area contributed by atoms with E-state index in [1.54, 1.807) is 12.1 Å². The number of hydrogen-bond acceptors (Lipinski definition) is 3. The van der Waals surface area contributed by atoms with E-state index in [4.69, 9.17) is 9.47 Å². The molecule has 0 fully saturated rings. The topological polar surface area (TPSA) is 52.5 Å². The summed E-state index contributed by atoms with van der Waals surface area (Å²) in [6, 6.07) is 16.8. The molecule has 0 saturated heterocycles. The van der Waals surface area contributed by atoms with Gasteiger partial charge in [-0.2, -0.15) is 0 Å². The Bertz CT molecular complexity index is 888. The molecule has 1 aliphatic heterocycles. The quantitative estimate of drug-likeness (QED) is 0.790. The monoisotopic (exact) mass is 334 g/mol. The molecular formula is C20H18N2O3. The van der Waals surface area contributed by atoms with Gasteiger partial charge in [-0.25, -0.2) is 0 Å². The van der Waals surface area contributed by atoms with Gasteiger partial charge in [0.25, 0.3) is 5.91 Å². The zero-order valence-corrected chi connectivity index (χ0v) is 13.6. The van der Waals surface area contributed by atoms with E-state index in [2.05, 4.69) is 5.32 Å². The minimum Gasteiger partial charge on any atom is -0.490 e. The van der Waals surface area contributed by atoms with Gasteiger partial charge in [-0.15, -0.1) is 0 Å². The first-order valence-corrected chi connectivity index (χ1v) is 8.24. The lowest BCUT2D eigenvalue weighted by molar-refractivity contribution is 0.102. The Hall–Kier alpha value is -3.21. The minimum atomic E-state index is -0.163. The van der Waals surface area contributed by atoms with Crippen LogP contribution in [-0.2, 0) is 0 Å². The first kappa shape index (κ1) is 15.3. The van der Waals surface area contributed by atoms with Crippen LogP contribution in [0.1, 0.15) is 16.8 Å². The number of nitrogens with zero attached hydrogens (tertiary/aromatic N) is 1. The van der Waals surface area contributed by atoms with Gasteiger partial charge in [-0.1, -0.05) is 6.07 Å². The van der Waals surface area contributed by atoms with E-state index in [0.717, 1.165) is 12.1 Å². The number of rotatable bonds is 3. The molecule has 0 spiro atoms. The molecule has 0 unspecified atom stereocenters. The molecule has 1 amide bonds. The van der Waals surface area contributed by atoms with Crippen molar-refractivity contribution in [1.29, 1.82) is 0 Å². The highest BCUT2D eigenvalue weighted by atomic mass is 16.5. The summed E-state index contributed by atoms with van der Waals surface area (Å²) in [5.41, 5.74) is 2.22. The Morgan fingerprint density at radius 2 is 1.72 bits per heavy atom. The zero-order valence-electron chi connectivity index (χ0n) is 13.6. The summed E-state index contributed by atoms with van der Waals surface area (Å²) in [5, 5.41) is 2.92. The molecule has 1 aliphatic rings. The second-order valence-electron chi connectivity index (χ2n) is 5.81. The van der Waals surface area contributed by atoms with Crippen molar-refractivity contribution in [3.05, 3.63) is 72.6 Å². The fraction of sp³-hybridized carbons (Fsp3) is 0.150. The molecule has 0 bridgehead atoms. The summed E-state index contributed by atoms with van der Waals surface area (Å²) < 4.78 is 13.2. The molecule has 2 aromatic carbocycles. The Morgan fingerprint density at radius 3 is 2.56 bits per heavy atom. The van der Waals surface area contributed by atoms with Gasteiger partial charge in [0.05, 0.1) is 13.2 Å². The van der Waals surface area contributed by atoms with E-state index in [0.29, 0.717) is 36.0 Å². The number of fused-ring (bicyclic) bond motifs is 1. The van der Waals surface area contributed by atoms with Gasteiger partial charge < -0.3 is 19.4 Å². The average molecular weight is 334 g/mol. The maximum Gasteiger partial charge on any atom is 0.255 e. The summed E-state index contributed by atoms with van der Waals surface area (Å²) in [6.45, 7) is 1.26. The van der Waals surface area contributed by atoms with Crippen molar-refractivity contribution >= 4 is 11.6 Å². The number of ether oxygens (including phenoxy) is 2. The van der Waals surface area contributed by atoms with Crippen LogP contribution < -0.4 is 14.8 Å². The summed E-state index contributed by atoms with van der Waals surface area (Å²) in [6.07, 6.45) is 4.74. The lowest BCUT2D eigenvalue weighted by atomic mass is 10.1. The lowest BCUT2D eigenvalue weighted by Gasteiger charge is -2.11. The van der Waals surface area contributed by atoms with Crippen molar-refractivity contribution in [3.63, 3.8) is 0 Å². The summed E-state index contributed by atoms with van der Waals surface area (Å²) in [5.74, 6) is 1.21. The number of hydrogen-bond donors (Lipinski definition) is 1. The third-order valence-corrected chi connectivity index (χ3v) is 4.02. The highest BCUT2D eigenvalue weighted by molar-refractivity contribution is 6.04. The summed E-state index contributed by atoms with van der Waals surface area (Å²) in [7, 11) is 0. The predicted molar refractivity (Wildman–Crippen MR) is 95.8 cm³/mol. The Morgan fingerprint density at radius 1 is 0.920 bits per heavy atom. The van der Waals surface area contributed by atoms with Crippen molar-refractivity contribution in [3.8, 4) is 17.2 Å². The molecule has 0 saturated carbocycles. The van der Waals surface area contributed by atoms with Crippen molar-refractivity contribution in [1.82, 2.24) is 4.57 Å². The van der Waals surface area contributed by atoms with Crippen LogP contribution in [0.25, 0.3) is 5.69 Å². The molecule has 2 heterocycles. The molecule has 126 valence electrons. The molecule has 0 atom stereocenters. The number of nitrogens with one attached hydrogen (secondary N) is 1. The first-order valence-electron chi connectivity index (χ1n) is 8.24. The van der Waals surface area contributed by atoms with Gasteiger partial charge >= 0.3 is 0 Å². The second kappa shape index (κ2) is 6.73. The van der Waals surface area contributed by atoms with Gasteiger partial charge in [-0.3, -0.25) is 4.79 Å². The van der Waals surface area contributed by atoms with Crippen LogP contribution in [0.5, 0.6) is 11.5 Å². The smallest absolute Gasteiger partial charge is 0.255 e. The third-order valence-electron chi connectivity index (χ3n) is 4.02. The lowest BCUT2D eigenvalue weighted by Crippen LogP contribution is -2.12. The van der Waals surface area contributed by atoms with Crippen molar-refractivity contribution in [2.24, 2.45) is 0 Å². The van der Waals surface area contributed by atoms with E-state index in [-0.39, 0.29) is 5.91 Å². The van der Waals surface area contributed by atoms with Crippen molar-refractivity contribution in [2.75, 3.05) is 18.5 Å². The molecule has 5 heteroatoms.